The van der Waals surface area contributed by atoms with Gasteiger partial charge in [-0.1, -0.05) is 32.3 Å². The van der Waals surface area contributed by atoms with Gasteiger partial charge in [-0.15, -0.1) is 0 Å². The Balaban J connectivity index is 2.45. The lowest BCUT2D eigenvalue weighted by Gasteiger charge is -2.12. The van der Waals surface area contributed by atoms with Crippen molar-refractivity contribution in [1.82, 2.24) is 5.32 Å². The number of hydrogen-bond acceptors (Lipinski definition) is 4. The molecule has 1 amide bonds. The molecule has 0 saturated carbocycles. The van der Waals surface area contributed by atoms with Gasteiger partial charge in [0.25, 0.3) is 0 Å². The van der Waals surface area contributed by atoms with E-state index in [0.29, 0.717) is 25.3 Å². The van der Waals surface area contributed by atoms with E-state index < -0.39 is 0 Å². The van der Waals surface area contributed by atoms with Gasteiger partial charge in [0, 0.05) is 6.54 Å². The van der Waals surface area contributed by atoms with Gasteiger partial charge >= 0.3 is 0 Å². The molecule has 1 aromatic carbocycles. The molecule has 0 radical (unpaired) electrons. The van der Waals surface area contributed by atoms with Gasteiger partial charge in [-0.2, -0.15) is 5.26 Å². The number of ether oxygens (including phenoxy) is 2. The third kappa shape index (κ3) is 7.55. The predicted molar refractivity (Wildman–Crippen MR) is 89.6 cm³/mol. The summed E-state index contributed by atoms with van der Waals surface area (Å²) in [6.45, 7) is 3.38. The Morgan fingerprint density at radius 1 is 1.26 bits per heavy atom. The summed E-state index contributed by atoms with van der Waals surface area (Å²) in [5.41, 5.74) is 1.05. The fraction of sp³-hybridized carbons (Fsp3) is 0.556. The Hall–Kier alpha value is -2.22. The molecule has 126 valence electrons. The Labute approximate surface area is 138 Å². The van der Waals surface area contributed by atoms with Crippen LogP contribution in [0.3, 0.4) is 0 Å². The van der Waals surface area contributed by atoms with Gasteiger partial charge in [-0.3, -0.25) is 4.79 Å². The Morgan fingerprint density at radius 2 is 2.09 bits per heavy atom. The molecule has 0 aromatic heterocycles. The highest BCUT2D eigenvalue weighted by molar-refractivity contribution is 5.77. The molecule has 0 atom stereocenters. The molecule has 1 aromatic rings. The lowest BCUT2D eigenvalue weighted by atomic mass is 10.1. The Bertz CT molecular complexity index is 523. The van der Waals surface area contributed by atoms with Gasteiger partial charge in [0.15, 0.2) is 11.5 Å². The summed E-state index contributed by atoms with van der Waals surface area (Å²) in [6, 6.07) is 7.63. The van der Waals surface area contributed by atoms with Crippen LogP contribution in [0.4, 0.5) is 0 Å². The van der Waals surface area contributed by atoms with E-state index in [4.69, 9.17) is 14.7 Å². The van der Waals surface area contributed by atoms with Crippen LogP contribution >= 0.6 is 0 Å². The predicted octanol–water partition coefficient (Wildman–Crippen LogP) is 3.23. The maximum Gasteiger partial charge on any atom is 0.234 e. The van der Waals surface area contributed by atoms with E-state index in [1.807, 2.05) is 24.3 Å². The zero-order chi connectivity index (χ0) is 16.9. The fourth-order valence-corrected chi connectivity index (χ4v) is 2.18. The minimum atomic E-state index is -0.244. The van der Waals surface area contributed by atoms with Crippen LogP contribution in [-0.2, 0) is 11.2 Å². The minimum absolute atomic E-state index is 0.103. The van der Waals surface area contributed by atoms with Gasteiger partial charge in [-0.05, 0) is 30.5 Å². The number of benzene rings is 1. The van der Waals surface area contributed by atoms with E-state index in [9.17, 15) is 4.79 Å². The van der Waals surface area contributed by atoms with Crippen molar-refractivity contribution in [2.75, 3.05) is 20.3 Å². The molecule has 0 aliphatic carbocycles. The van der Waals surface area contributed by atoms with Crippen LogP contribution in [0.2, 0.25) is 0 Å². The second kappa shape index (κ2) is 11.4. The number of hydrogen-bond donors (Lipinski definition) is 1. The molecule has 0 bridgehead atoms. The van der Waals surface area contributed by atoms with Crippen LogP contribution in [0.5, 0.6) is 11.5 Å². The number of carbonyl (C=O) groups is 1. The summed E-state index contributed by atoms with van der Waals surface area (Å²) < 4.78 is 11.1. The van der Waals surface area contributed by atoms with Crippen molar-refractivity contribution in [1.29, 1.82) is 5.26 Å². The summed E-state index contributed by atoms with van der Waals surface area (Å²) in [4.78, 5) is 11.2. The quantitative estimate of drug-likeness (QED) is 0.636. The van der Waals surface area contributed by atoms with Crippen molar-refractivity contribution < 1.29 is 14.3 Å². The summed E-state index contributed by atoms with van der Waals surface area (Å²) in [5, 5.41) is 11.1. The molecule has 5 heteroatoms. The van der Waals surface area contributed by atoms with Crippen molar-refractivity contribution in [3.63, 3.8) is 0 Å². The summed E-state index contributed by atoms with van der Waals surface area (Å²) in [7, 11) is 1.62. The first-order chi connectivity index (χ1) is 11.2. The number of nitrogens with zero attached hydrogens (tertiary/aromatic N) is 1. The van der Waals surface area contributed by atoms with E-state index in [2.05, 4.69) is 12.2 Å². The van der Waals surface area contributed by atoms with Crippen LogP contribution in [0.15, 0.2) is 18.2 Å². The number of nitrogens with one attached hydrogen (secondary N) is 1. The zero-order valence-corrected chi connectivity index (χ0v) is 14.1. The van der Waals surface area contributed by atoms with Crippen molar-refractivity contribution in [2.45, 2.75) is 45.4 Å². The molecular weight excluding hydrogens is 292 g/mol. The molecule has 0 aliphatic heterocycles. The topological polar surface area (TPSA) is 71.3 Å². The highest BCUT2D eigenvalue weighted by Crippen LogP contribution is 2.28. The number of nitriles is 1. The smallest absolute Gasteiger partial charge is 0.234 e. The normalized spacial score (nSPS) is 9.96. The molecule has 23 heavy (non-hydrogen) atoms. The van der Waals surface area contributed by atoms with Crippen LogP contribution in [0.1, 0.15) is 44.6 Å². The molecular formula is C18H26N2O3. The van der Waals surface area contributed by atoms with Crippen molar-refractivity contribution in [3.05, 3.63) is 23.8 Å². The number of unbranched alkanes of at least 4 members (excludes halogenated alkanes) is 3. The highest BCUT2D eigenvalue weighted by atomic mass is 16.5. The van der Waals surface area contributed by atoms with Gasteiger partial charge in [0.2, 0.25) is 5.91 Å². The number of rotatable bonds is 11. The van der Waals surface area contributed by atoms with E-state index in [-0.39, 0.29) is 12.3 Å². The van der Waals surface area contributed by atoms with Gasteiger partial charge in [0.05, 0.1) is 19.8 Å². The second-order valence-corrected chi connectivity index (χ2v) is 5.33. The molecule has 0 aliphatic rings. The average Bonchev–Trinajstić information content (AvgIpc) is 2.55. The number of carbonyl (C=O) groups excluding carboxylic acids is 1. The van der Waals surface area contributed by atoms with Crippen LogP contribution in [-0.4, -0.2) is 26.2 Å². The number of amides is 1. The summed E-state index contributed by atoms with van der Waals surface area (Å²) in [6.07, 6.45) is 5.25. The Kier molecular flexibility index (Phi) is 9.30. The van der Waals surface area contributed by atoms with Gasteiger partial charge < -0.3 is 14.8 Å². The first kappa shape index (κ1) is 18.8. The van der Waals surface area contributed by atoms with Crippen molar-refractivity contribution in [2.24, 2.45) is 0 Å². The van der Waals surface area contributed by atoms with Gasteiger partial charge in [-0.25, -0.2) is 0 Å². The standard InChI is InChI=1S/C18H26N2O3/c1-3-4-5-6-13-23-16-8-7-15(14-17(16)22-2)10-12-20-18(21)9-11-19/h7-8,14H,3-6,9-10,12-13H2,1-2H3,(H,20,21). The zero-order valence-electron chi connectivity index (χ0n) is 14.1. The minimum Gasteiger partial charge on any atom is -0.493 e. The summed E-state index contributed by atoms with van der Waals surface area (Å²) in [5.74, 6) is 1.22. The molecule has 0 heterocycles. The first-order valence-corrected chi connectivity index (χ1v) is 8.14. The van der Waals surface area contributed by atoms with Crippen molar-refractivity contribution in [3.8, 4) is 17.6 Å². The van der Waals surface area contributed by atoms with Crippen molar-refractivity contribution >= 4 is 5.91 Å². The molecule has 0 unspecified atom stereocenters. The maximum absolute atomic E-state index is 11.2. The van der Waals surface area contributed by atoms with E-state index in [1.165, 1.54) is 19.3 Å². The molecule has 1 N–H and O–H groups in total. The monoisotopic (exact) mass is 318 g/mol. The lowest BCUT2D eigenvalue weighted by molar-refractivity contribution is -0.120. The third-order valence-corrected chi connectivity index (χ3v) is 3.46. The maximum atomic E-state index is 11.2. The molecule has 1 rings (SSSR count). The van der Waals surface area contributed by atoms with Crippen LogP contribution < -0.4 is 14.8 Å². The Morgan fingerprint density at radius 3 is 2.78 bits per heavy atom. The molecule has 5 nitrogen and oxygen atoms in total. The molecule has 0 fully saturated rings. The van der Waals surface area contributed by atoms with Gasteiger partial charge in [0.1, 0.15) is 6.42 Å². The lowest BCUT2D eigenvalue weighted by Crippen LogP contribution is -2.24. The fourth-order valence-electron chi connectivity index (χ4n) is 2.18. The van der Waals surface area contributed by atoms with E-state index in [0.717, 1.165) is 17.7 Å². The van der Waals surface area contributed by atoms with E-state index in [1.54, 1.807) is 7.11 Å². The molecule has 0 saturated heterocycles. The second-order valence-electron chi connectivity index (χ2n) is 5.33. The van der Waals surface area contributed by atoms with Crippen LogP contribution in [0, 0.1) is 11.3 Å². The van der Waals surface area contributed by atoms with E-state index >= 15 is 0 Å². The van der Waals surface area contributed by atoms with Crippen LogP contribution in [0.25, 0.3) is 0 Å². The highest BCUT2D eigenvalue weighted by Gasteiger charge is 2.06. The first-order valence-electron chi connectivity index (χ1n) is 8.14. The third-order valence-electron chi connectivity index (χ3n) is 3.46. The number of methoxy groups -OCH3 is 1. The largest absolute Gasteiger partial charge is 0.493 e. The summed E-state index contributed by atoms with van der Waals surface area (Å²) >= 11 is 0. The average molecular weight is 318 g/mol. The SMILES string of the molecule is CCCCCCOc1ccc(CCNC(=O)CC#N)cc1OC. The molecule has 0 spiro atoms.